The Labute approximate surface area is 166 Å². The molecule has 1 amide bonds. The van der Waals surface area contributed by atoms with Crippen molar-refractivity contribution in [2.75, 3.05) is 19.8 Å². The highest BCUT2D eigenvalue weighted by Gasteiger charge is 2.55. The third-order valence-corrected chi connectivity index (χ3v) is 7.46. The number of aliphatic hydroxyl groups is 1. The van der Waals surface area contributed by atoms with E-state index >= 15 is 0 Å². The van der Waals surface area contributed by atoms with Gasteiger partial charge in [0.05, 0.1) is 12.2 Å². The molecule has 0 radical (unpaired) electrons. The van der Waals surface area contributed by atoms with Crippen LogP contribution in [0.3, 0.4) is 0 Å². The Morgan fingerprint density at radius 1 is 1.18 bits per heavy atom. The molecule has 4 saturated carbocycles. The molecule has 4 aliphatic carbocycles. The topological polar surface area (TPSA) is 67.8 Å². The van der Waals surface area contributed by atoms with E-state index in [4.69, 9.17) is 9.47 Å². The summed E-state index contributed by atoms with van der Waals surface area (Å²) in [5.74, 6) is 2.78. The second-order valence-electron chi connectivity index (χ2n) is 9.59. The zero-order chi connectivity index (χ0) is 19.1. The molecule has 1 aliphatic heterocycles. The minimum atomic E-state index is -0.463. The molecular weight excluding hydrogens is 354 g/mol. The lowest BCUT2D eigenvalue weighted by atomic mass is 9.52. The number of carbonyl (C=O) groups is 1. The van der Waals surface area contributed by atoms with Crippen LogP contribution in [0, 0.1) is 23.7 Å². The fraction of sp³-hybridized carbons (Fsp3) is 0.696. The van der Waals surface area contributed by atoms with Crippen molar-refractivity contribution < 1.29 is 19.4 Å². The quantitative estimate of drug-likeness (QED) is 0.817. The lowest BCUT2D eigenvalue weighted by Crippen LogP contribution is -2.61. The molecule has 6 rings (SSSR count). The van der Waals surface area contributed by atoms with Crippen molar-refractivity contribution in [2.24, 2.45) is 23.7 Å². The number of benzene rings is 1. The average Bonchev–Trinajstić information content (AvgIpc) is 2.69. The number of ether oxygens (including phenoxy) is 2. The van der Waals surface area contributed by atoms with Crippen LogP contribution in [0.2, 0.25) is 0 Å². The number of carbonyl (C=O) groups excluding carboxylic acids is 1. The van der Waals surface area contributed by atoms with E-state index in [0.29, 0.717) is 35.8 Å². The average molecular weight is 386 g/mol. The standard InChI is InChI=1S/C23H31NO4/c25-22(24-21-18-8-16-9-19(21)13-23(26,11-16)12-18)17-2-1-3-20(10-17)28-14-15-4-6-27-7-5-15/h1-3,10,15-16,18-19,21,26H,4-9,11-14H2,(H,24,25). The molecule has 1 aromatic rings. The molecule has 5 aliphatic rings. The molecular formula is C23H31NO4. The first-order valence-corrected chi connectivity index (χ1v) is 10.9. The van der Waals surface area contributed by atoms with Crippen molar-refractivity contribution >= 4 is 5.91 Å². The highest BCUT2D eigenvalue weighted by Crippen LogP contribution is 2.55. The summed E-state index contributed by atoms with van der Waals surface area (Å²) in [5, 5.41) is 14.0. The number of nitrogens with one attached hydrogen (secondary N) is 1. The lowest BCUT2D eigenvalue weighted by Gasteiger charge is -2.58. The van der Waals surface area contributed by atoms with Gasteiger partial charge in [-0.15, -0.1) is 0 Å². The van der Waals surface area contributed by atoms with Gasteiger partial charge in [0, 0.05) is 24.8 Å². The zero-order valence-corrected chi connectivity index (χ0v) is 16.4. The van der Waals surface area contributed by atoms with E-state index in [2.05, 4.69) is 5.32 Å². The molecule has 0 spiro atoms. The number of amides is 1. The largest absolute Gasteiger partial charge is 0.493 e. The Morgan fingerprint density at radius 2 is 1.93 bits per heavy atom. The Balaban J connectivity index is 1.21. The predicted octanol–water partition coefficient (Wildman–Crippen LogP) is 3.16. The number of hydrogen-bond acceptors (Lipinski definition) is 4. The second kappa shape index (κ2) is 7.34. The van der Waals surface area contributed by atoms with Crippen LogP contribution in [0.15, 0.2) is 24.3 Å². The molecule has 5 nitrogen and oxygen atoms in total. The first kappa shape index (κ1) is 18.4. The second-order valence-corrected chi connectivity index (χ2v) is 9.59. The third kappa shape index (κ3) is 3.67. The molecule has 1 saturated heterocycles. The summed E-state index contributed by atoms with van der Waals surface area (Å²) in [7, 11) is 0. The first-order chi connectivity index (χ1) is 13.6. The Kier molecular flexibility index (Phi) is 4.84. The highest BCUT2D eigenvalue weighted by atomic mass is 16.5. The van der Waals surface area contributed by atoms with Crippen LogP contribution in [0.4, 0.5) is 0 Å². The number of rotatable bonds is 5. The summed E-state index contributed by atoms with van der Waals surface area (Å²) in [5.41, 5.74) is 0.201. The van der Waals surface area contributed by atoms with E-state index < -0.39 is 5.60 Å². The van der Waals surface area contributed by atoms with Crippen LogP contribution in [0.1, 0.15) is 55.3 Å². The van der Waals surface area contributed by atoms with E-state index in [1.54, 1.807) is 0 Å². The van der Waals surface area contributed by atoms with Gasteiger partial charge in [-0.1, -0.05) is 6.07 Å². The maximum atomic E-state index is 12.9. The molecule has 28 heavy (non-hydrogen) atoms. The lowest BCUT2D eigenvalue weighted by molar-refractivity contribution is -0.136. The fourth-order valence-electron chi connectivity index (χ4n) is 6.31. The minimum absolute atomic E-state index is 0.0130. The number of hydrogen-bond donors (Lipinski definition) is 2. The molecule has 2 atom stereocenters. The minimum Gasteiger partial charge on any atom is -0.493 e. The zero-order valence-electron chi connectivity index (χ0n) is 16.4. The van der Waals surface area contributed by atoms with Crippen molar-refractivity contribution in [3.63, 3.8) is 0 Å². The van der Waals surface area contributed by atoms with Crippen molar-refractivity contribution in [1.82, 2.24) is 5.32 Å². The maximum Gasteiger partial charge on any atom is 0.251 e. The van der Waals surface area contributed by atoms with E-state index in [1.807, 2.05) is 24.3 Å². The van der Waals surface area contributed by atoms with Crippen LogP contribution in [-0.2, 0) is 4.74 Å². The van der Waals surface area contributed by atoms with Crippen molar-refractivity contribution in [3.8, 4) is 5.75 Å². The summed E-state index contributed by atoms with van der Waals surface area (Å²) >= 11 is 0. The third-order valence-electron chi connectivity index (χ3n) is 7.46. The molecule has 1 aromatic carbocycles. The van der Waals surface area contributed by atoms with Gasteiger partial charge in [-0.25, -0.2) is 0 Å². The van der Waals surface area contributed by atoms with Gasteiger partial charge in [0.25, 0.3) is 5.91 Å². The molecule has 152 valence electrons. The van der Waals surface area contributed by atoms with Crippen LogP contribution in [-0.4, -0.2) is 42.5 Å². The van der Waals surface area contributed by atoms with Gasteiger partial charge < -0.3 is 19.9 Å². The molecule has 4 bridgehead atoms. The molecule has 2 unspecified atom stereocenters. The van der Waals surface area contributed by atoms with Crippen LogP contribution in [0.25, 0.3) is 0 Å². The molecule has 0 aromatic heterocycles. The smallest absolute Gasteiger partial charge is 0.251 e. The summed E-state index contributed by atoms with van der Waals surface area (Å²) < 4.78 is 11.4. The van der Waals surface area contributed by atoms with Crippen LogP contribution < -0.4 is 10.1 Å². The van der Waals surface area contributed by atoms with Gasteiger partial charge >= 0.3 is 0 Å². The van der Waals surface area contributed by atoms with Crippen molar-refractivity contribution in [3.05, 3.63) is 29.8 Å². The Bertz CT molecular complexity index is 713. The van der Waals surface area contributed by atoms with Crippen molar-refractivity contribution in [1.29, 1.82) is 0 Å². The molecule has 5 heteroatoms. The maximum absolute atomic E-state index is 12.9. The molecule has 2 N–H and O–H groups in total. The van der Waals surface area contributed by atoms with E-state index in [9.17, 15) is 9.90 Å². The Hall–Kier alpha value is -1.59. The SMILES string of the molecule is O=C(NC1C2CC3CC1CC(O)(C3)C2)c1cccc(OCC2CCOCC2)c1. The normalized spacial score (nSPS) is 37.0. The Morgan fingerprint density at radius 3 is 2.64 bits per heavy atom. The van der Waals surface area contributed by atoms with E-state index in [-0.39, 0.29) is 11.9 Å². The summed E-state index contributed by atoms with van der Waals surface area (Å²) in [6, 6.07) is 7.75. The predicted molar refractivity (Wildman–Crippen MR) is 105 cm³/mol. The molecule has 5 fully saturated rings. The van der Waals surface area contributed by atoms with Gasteiger partial charge in [-0.3, -0.25) is 4.79 Å². The van der Waals surface area contributed by atoms with Crippen LogP contribution in [0.5, 0.6) is 5.75 Å². The summed E-state index contributed by atoms with van der Waals surface area (Å²) in [6.45, 7) is 2.31. The van der Waals surface area contributed by atoms with Gasteiger partial charge in [0.1, 0.15) is 5.75 Å². The van der Waals surface area contributed by atoms with Gasteiger partial charge in [0.2, 0.25) is 0 Å². The van der Waals surface area contributed by atoms with Gasteiger partial charge in [-0.2, -0.15) is 0 Å². The van der Waals surface area contributed by atoms with Gasteiger partial charge in [0.15, 0.2) is 0 Å². The highest BCUT2D eigenvalue weighted by molar-refractivity contribution is 5.94. The first-order valence-electron chi connectivity index (χ1n) is 10.9. The fourth-order valence-corrected chi connectivity index (χ4v) is 6.31. The van der Waals surface area contributed by atoms with Crippen LogP contribution >= 0.6 is 0 Å². The monoisotopic (exact) mass is 385 g/mol. The molecule has 1 heterocycles. The van der Waals surface area contributed by atoms with Gasteiger partial charge in [-0.05, 0) is 86.8 Å². The summed E-state index contributed by atoms with van der Waals surface area (Å²) in [6.07, 6.45) is 7.04. The van der Waals surface area contributed by atoms with E-state index in [0.717, 1.165) is 63.9 Å². The summed E-state index contributed by atoms with van der Waals surface area (Å²) in [4.78, 5) is 12.9. The van der Waals surface area contributed by atoms with Crippen molar-refractivity contribution in [2.45, 2.75) is 56.6 Å². The van der Waals surface area contributed by atoms with E-state index in [1.165, 1.54) is 0 Å².